The van der Waals surface area contributed by atoms with Gasteiger partial charge >= 0.3 is 0 Å². The molecule has 1 N–H and O–H groups in total. The van der Waals surface area contributed by atoms with Gasteiger partial charge in [0, 0.05) is 39.0 Å². The predicted molar refractivity (Wildman–Crippen MR) is 101 cm³/mol. The Balaban J connectivity index is 1.56. The highest BCUT2D eigenvalue weighted by molar-refractivity contribution is 5.92. The molecule has 142 valence electrons. The second-order valence-corrected chi connectivity index (χ2v) is 7.74. The molecule has 2 aromatic rings. The van der Waals surface area contributed by atoms with Crippen LogP contribution in [0.1, 0.15) is 39.4 Å². The number of fused-ring (bicyclic) bond motifs is 3. The molecule has 0 radical (unpaired) electrons. The largest absolute Gasteiger partial charge is 0.456 e. The van der Waals surface area contributed by atoms with E-state index in [9.17, 15) is 9.59 Å². The van der Waals surface area contributed by atoms with E-state index in [1.165, 1.54) is 11.1 Å². The molecule has 2 aliphatic rings. The molecular weight excluding hydrogens is 342 g/mol. The van der Waals surface area contributed by atoms with Crippen LogP contribution < -0.4 is 5.32 Å². The Morgan fingerprint density at radius 3 is 2.56 bits per heavy atom. The highest BCUT2D eigenvalue weighted by Gasteiger charge is 2.47. The van der Waals surface area contributed by atoms with E-state index in [-0.39, 0.29) is 23.8 Å². The van der Waals surface area contributed by atoms with Crippen molar-refractivity contribution in [3.63, 3.8) is 0 Å². The van der Waals surface area contributed by atoms with Crippen molar-refractivity contribution in [2.45, 2.75) is 18.9 Å². The number of carbonyl (C=O) groups excluding carboxylic acids is 2. The van der Waals surface area contributed by atoms with Crippen molar-refractivity contribution in [3.05, 3.63) is 59.0 Å². The molecule has 1 saturated heterocycles. The molecular formula is C21H25N3O3. The smallest absolute Gasteiger partial charge is 0.287 e. The first-order chi connectivity index (χ1) is 12.9. The van der Waals surface area contributed by atoms with Crippen LogP contribution in [0.15, 0.2) is 40.8 Å². The summed E-state index contributed by atoms with van der Waals surface area (Å²) in [5.74, 6) is 1.57. The highest BCUT2D eigenvalue weighted by atomic mass is 16.3. The molecule has 1 fully saturated rings. The van der Waals surface area contributed by atoms with E-state index in [2.05, 4.69) is 22.3 Å². The molecule has 0 bridgehead atoms. The van der Waals surface area contributed by atoms with Gasteiger partial charge in [0.05, 0.1) is 12.6 Å². The number of furan rings is 1. The maximum Gasteiger partial charge on any atom is 0.287 e. The molecule has 1 aliphatic heterocycles. The minimum atomic E-state index is -0.189. The minimum Gasteiger partial charge on any atom is -0.456 e. The van der Waals surface area contributed by atoms with Crippen LogP contribution in [0.4, 0.5) is 0 Å². The Morgan fingerprint density at radius 2 is 1.89 bits per heavy atom. The summed E-state index contributed by atoms with van der Waals surface area (Å²) in [5.41, 5.74) is 2.46. The zero-order chi connectivity index (χ0) is 19.1. The summed E-state index contributed by atoms with van der Waals surface area (Å²) in [6.07, 6.45) is 0. The summed E-state index contributed by atoms with van der Waals surface area (Å²) in [5, 5.41) is 3.18. The molecule has 1 aromatic carbocycles. The van der Waals surface area contributed by atoms with Crippen LogP contribution >= 0.6 is 0 Å². The number of likely N-dealkylation sites (N-methyl/N-ethyl adjacent to an activating group) is 1. The van der Waals surface area contributed by atoms with E-state index < -0.39 is 0 Å². The lowest BCUT2D eigenvalue weighted by Gasteiger charge is -2.23. The van der Waals surface area contributed by atoms with Crippen molar-refractivity contribution in [2.75, 3.05) is 33.7 Å². The maximum atomic E-state index is 12.7. The zero-order valence-corrected chi connectivity index (χ0v) is 15.9. The van der Waals surface area contributed by atoms with Crippen LogP contribution in [0, 0.1) is 12.8 Å². The summed E-state index contributed by atoms with van der Waals surface area (Å²) in [4.78, 5) is 28.6. The van der Waals surface area contributed by atoms with E-state index in [1.54, 1.807) is 31.1 Å². The Hall–Kier alpha value is -2.60. The van der Waals surface area contributed by atoms with Gasteiger partial charge in [-0.3, -0.25) is 14.5 Å². The number of carbonyl (C=O) groups is 2. The second-order valence-electron chi connectivity index (χ2n) is 7.74. The van der Waals surface area contributed by atoms with Crippen LogP contribution in [-0.2, 0) is 4.79 Å². The number of hydrogen-bond acceptors (Lipinski definition) is 4. The van der Waals surface area contributed by atoms with Crippen molar-refractivity contribution in [3.8, 4) is 0 Å². The average molecular weight is 367 g/mol. The number of aryl methyl sites for hydroxylation is 1. The summed E-state index contributed by atoms with van der Waals surface area (Å²) in [6.45, 7) is 3.88. The standard InChI is InChI=1S/C21H25N3O3/c1-13-8-9-18(27-13)21(26)22-20-15-7-5-4-6-14(15)16-10-24(11-17(16)20)12-19(25)23(2)3/h4-9,16-17,20H,10-12H2,1-3H3,(H,22,26)/t16-,17-,20+/m0/s1. The van der Waals surface area contributed by atoms with Crippen molar-refractivity contribution < 1.29 is 14.0 Å². The number of amides is 2. The molecule has 6 nitrogen and oxygen atoms in total. The van der Waals surface area contributed by atoms with Crippen molar-refractivity contribution in [1.82, 2.24) is 15.1 Å². The van der Waals surface area contributed by atoms with Crippen LogP contribution in [0.25, 0.3) is 0 Å². The van der Waals surface area contributed by atoms with Crippen LogP contribution in [-0.4, -0.2) is 55.3 Å². The molecule has 2 amide bonds. The molecule has 6 heteroatoms. The van der Waals surface area contributed by atoms with Crippen LogP contribution in [0.2, 0.25) is 0 Å². The van der Waals surface area contributed by atoms with Gasteiger partial charge in [0.1, 0.15) is 5.76 Å². The normalized spacial score (nSPS) is 23.7. The molecule has 0 unspecified atom stereocenters. The Bertz CT molecular complexity index is 873. The van der Waals surface area contributed by atoms with E-state index >= 15 is 0 Å². The van der Waals surface area contributed by atoms with Gasteiger partial charge in [-0.05, 0) is 30.2 Å². The number of nitrogens with one attached hydrogen (secondary N) is 1. The first kappa shape index (κ1) is 17.8. The summed E-state index contributed by atoms with van der Waals surface area (Å²) in [6, 6.07) is 11.7. The average Bonchev–Trinajstić information content (AvgIpc) is 3.31. The molecule has 1 aromatic heterocycles. The number of likely N-dealkylation sites (tertiary alicyclic amines) is 1. The topological polar surface area (TPSA) is 65.8 Å². The van der Waals surface area contributed by atoms with Gasteiger partial charge in [-0.15, -0.1) is 0 Å². The van der Waals surface area contributed by atoms with Gasteiger partial charge in [0.15, 0.2) is 5.76 Å². The lowest BCUT2D eigenvalue weighted by molar-refractivity contribution is -0.129. The molecule has 3 atom stereocenters. The molecule has 1 aliphatic carbocycles. The van der Waals surface area contributed by atoms with E-state index in [0.29, 0.717) is 18.2 Å². The van der Waals surface area contributed by atoms with Gasteiger partial charge in [-0.1, -0.05) is 24.3 Å². The third kappa shape index (κ3) is 3.25. The quantitative estimate of drug-likeness (QED) is 0.900. The third-order valence-corrected chi connectivity index (χ3v) is 5.71. The van der Waals surface area contributed by atoms with Gasteiger partial charge in [-0.2, -0.15) is 0 Å². The van der Waals surface area contributed by atoms with Gasteiger partial charge in [0.25, 0.3) is 5.91 Å². The number of rotatable bonds is 4. The predicted octanol–water partition coefficient (Wildman–Crippen LogP) is 2.18. The first-order valence-corrected chi connectivity index (χ1v) is 9.32. The fourth-order valence-corrected chi connectivity index (χ4v) is 4.36. The van der Waals surface area contributed by atoms with Crippen molar-refractivity contribution in [1.29, 1.82) is 0 Å². The summed E-state index contributed by atoms with van der Waals surface area (Å²) >= 11 is 0. The van der Waals surface area contributed by atoms with Gasteiger partial charge in [-0.25, -0.2) is 0 Å². The molecule has 4 rings (SSSR count). The number of benzene rings is 1. The molecule has 0 spiro atoms. The lowest BCUT2D eigenvalue weighted by atomic mass is 9.94. The second kappa shape index (κ2) is 6.85. The van der Waals surface area contributed by atoms with Crippen molar-refractivity contribution >= 4 is 11.8 Å². The Morgan fingerprint density at radius 1 is 1.15 bits per heavy atom. The Labute approximate surface area is 159 Å². The van der Waals surface area contributed by atoms with Crippen molar-refractivity contribution in [2.24, 2.45) is 5.92 Å². The highest BCUT2D eigenvalue weighted by Crippen LogP contribution is 2.49. The Kier molecular flexibility index (Phi) is 4.52. The van der Waals surface area contributed by atoms with Gasteiger partial charge in [0.2, 0.25) is 5.91 Å². The lowest BCUT2D eigenvalue weighted by Crippen LogP contribution is -2.37. The van der Waals surface area contributed by atoms with E-state index in [0.717, 1.165) is 18.8 Å². The van der Waals surface area contributed by atoms with E-state index in [1.807, 2.05) is 19.1 Å². The van der Waals surface area contributed by atoms with Gasteiger partial charge < -0.3 is 14.6 Å². The third-order valence-electron chi connectivity index (χ3n) is 5.71. The zero-order valence-electron chi connectivity index (χ0n) is 15.9. The molecule has 2 heterocycles. The fraction of sp³-hybridized carbons (Fsp3) is 0.429. The van der Waals surface area contributed by atoms with E-state index in [4.69, 9.17) is 4.42 Å². The fourth-order valence-electron chi connectivity index (χ4n) is 4.36. The minimum absolute atomic E-state index is 0.0661. The monoisotopic (exact) mass is 367 g/mol. The molecule has 27 heavy (non-hydrogen) atoms. The first-order valence-electron chi connectivity index (χ1n) is 9.32. The molecule has 0 saturated carbocycles. The number of nitrogens with zero attached hydrogens (tertiary/aromatic N) is 2. The summed E-state index contributed by atoms with van der Waals surface area (Å²) < 4.78 is 5.48. The SMILES string of the molecule is Cc1ccc(C(=O)N[C@@H]2c3ccccc3[C@@H]3CN(CC(=O)N(C)C)C[C@H]23)o1. The van der Waals surface area contributed by atoms with Crippen LogP contribution in [0.5, 0.6) is 0 Å². The number of hydrogen-bond donors (Lipinski definition) is 1. The maximum absolute atomic E-state index is 12.7. The van der Waals surface area contributed by atoms with Crippen LogP contribution in [0.3, 0.4) is 0 Å². The summed E-state index contributed by atoms with van der Waals surface area (Å²) in [7, 11) is 3.56.